The molecule has 0 saturated carbocycles. The van der Waals surface area contributed by atoms with Crippen LogP contribution in [-0.2, 0) is 0 Å². The molecule has 33 heavy (non-hydrogen) atoms. The fraction of sp³-hybridized carbons (Fsp3) is 0.613. The second kappa shape index (κ2) is 12.1. The molecule has 0 aliphatic heterocycles. The molecule has 3 rings (SSSR count). The Bertz CT molecular complexity index is 873. The Morgan fingerprint density at radius 2 is 1.79 bits per heavy atom. The average molecular weight is 449 g/mol. The van der Waals surface area contributed by atoms with E-state index in [0.717, 1.165) is 37.8 Å². The lowest BCUT2D eigenvalue weighted by atomic mass is 9.73. The molecule has 2 nitrogen and oxygen atoms in total. The Balaban J connectivity index is 1.63. The van der Waals surface area contributed by atoms with Crippen LogP contribution in [0.3, 0.4) is 0 Å². The van der Waals surface area contributed by atoms with Gasteiger partial charge in [-0.25, -0.2) is 0 Å². The van der Waals surface area contributed by atoms with Crippen molar-refractivity contribution in [2.75, 3.05) is 0 Å². The molecule has 4 N–H and O–H groups in total. The molecule has 3 aliphatic rings. The normalized spacial score (nSPS) is 24.3. The maximum Gasteiger partial charge on any atom is 0.00404 e. The molecule has 0 aromatic heterocycles. The molecule has 0 saturated heterocycles. The summed E-state index contributed by atoms with van der Waals surface area (Å²) in [6.45, 7) is 9.16. The molecule has 0 spiro atoms. The van der Waals surface area contributed by atoms with E-state index in [4.69, 9.17) is 11.5 Å². The highest BCUT2D eigenvalue weighted by atomic mass is 14.6. The summed E-state index contributed by atoms with van der Waals surface area (Å²) in [5.41, 5.74) is 23.2. The van der Waals surface area contributed by atoms with Crippen molar-refractivity contribution in [1.29, 1.82) is 0 Å². The highest BCUT2D eigenvalue weighted by Gasteiger charge is 2.27. The van der Waals surface area contributed by atoms with Crippen molar-refractivity contribution in [3.05, 3.63) is 69.5 Å². The van der Waals surface area contributed by atoms with Gasteiger partial charge >= 0.3 is 0 Å². The van der Waals surface area contributed by atoms with Gasteiger partial charge in [0.25, 0.3) is 0 Å². The fourth-order valence-corrected chi connectivity index (χ4v) is 5.57. The van der Waals surface area contributed by atoms with Crippen LogP contribution in [0.1, 0.15) is 111 Å². The summed E-state index contributed by atoms with van der Waals surface area (Å²) in [7, 11) is 0. The Morgan fingerprint density at radius 1 is 1.03 bits per heavy atom. The van der Waals surface area contributed by atoms with Gasteiger partial charge in [-0.05, 0) is 113 Å². The molecular weight excluding hydrogens is 400 g/mol. The van der Waals surface area contributed by atoms with E-state index < -0.39 is 0 Å². The van der Waals surface area contributed by atoms with E-state index in [-0.39, 0.29) is 5.41 Å². The zero-order chi connectivity index (χ0) is 23.8. The summed E-state index contributed by atoms with van der Waals surface area (Å²) >= 11 is 0. The van der Waals surface area contributed by atoms with Gasteiger partial charge in [-0.15, -0.1) is 0 Å². The first-order valence-corrected chi connectivity index (χ1v) is 13.5. The van der Waals surface area contributed by atoms with Crippen molar-refractivity contribution < 1.29 is 0 Å². The summed E-state index contributed by atoms with van der Waals surface area (Å²) in [4.78, 5) is 0. The first-order chi connectivity index (χ1) is 15.8. The largest absolute Gasteiger partial charge is 0.402 e. The van der Waals surface area contributed by atoms with E-state index in [1.165, 1.54) is 62.5 Å². The van der Waals surface area contributed by atoms with Crippen molar-refractivity contribution in [1.82, 2.24) is 0 Å². The molecule has 1 unspecified atom stereocenters. The van der Waals surface area contributed by atoms with E-state index >= 15 is 0 Å². The Labute approximate surface area is 203 Å². The number of hydrogen-bond acceptors (Lipinski definition) is 2. The smallest absolute Gasteiger partial charge is 0.00404 e. The van der Waals surface area contributed by atoms with E-state index in [2.05, 4.69) is 58.1 Å². The van der Waals surface area contributed by atoms with Gasteiger partial charge in [0.15, 0.2) is 0 Å². The number of nitrogens with two attached hydrogens (primary N) is 2. The summed E-state index contributed by atoms with van der Waals surface area (Å²) in [6, 6.07) is 0.329. The van der Waals surface area contributed by atoms with Crippen LogP contribution in [0, 0.1) is 5.41 Å². The van der Waals surface area contributed by atoms with Crippen LogP contribution in [0.5, 0.6) is 0 Å². The Kier molecular flexibility index (Phi) is 9.44. The van der Waals surface area contributed by atoms with Crippen LogP contribution in [-0.4, -0.2) is 6.04 Å². The van der Waals surface area contributed by atoms with Crippen molar-refractivity contribution in [3.63, 3.8) is 0 Å². The minimum Gasteiger partial charge on any atom is -0.402 e. The Morgan fingerprint density at radius 3 is 2.48 bits per heavy atom. The van der Waals surface area contributed by atoms with Crippen LogP contribution in [0.15, 0.2) is 69.5 Å². The second-order valence-corrected chi connectivity index (χ2v) is 11.1. The highest BCUT2D eigenvalue weighted by Crippen LogP contribution is 2.43. The molecule has 0 bridgehead atoms. The SMILES string of the molecule is C/C=C(\CCC(N)CC)C1=CC=C(CCC2=CC3=C(CCC/C(N)=C\CC3(C)C)CC2)CC1. The zero-order valence-electron chi connectivity index (χ0n) is 21.8. The molecule has 3 aliphatic carbocycles. The molecule has 0 fully saturated rings. The molecule has 0 aromatic rings. The third kappa shape index (κ3) is 7.34. The third-order valence-electron chi connectivity index (χ3n) is 8.10. The molecule has 2 heteroatoms. The zero-order valence-corrected chi connectivity index (χ0v) is 21.8. The second-order valence-electron chi connectivity index (χ2n) is 11.1. The van der Waals surface area contributed by atoms with E-state index in [1.54, 1.807) is 22.3 Å². The maximum atomic E-state index is 6.22. The average Bonchev–Trinajstić information content (AvgIpc) is 2.87. The van der Waals surface area contributed by atoms with Crippen LogP contribution in [0.4, 0.5) is 0 Å². The Hall–Kier alpha value is -1.80. The topological polar surface area (TPSA) is 52.0 Å². The molecule has 0 radical (unpaired) electrons. The van der Waals surface area contributed by atoms with Gasteiger partial charge in [0.2, 0.25) is 0 Å². The first kappa shape index (κ1) is 25.8. The molecule has 0 aromatic carbocycles. The van der Waals surface area contributed by atoms with Crippen LogP contribution in [0.25, 0.3) is 0 Å². The minimum absolute atomic E-state index is 0.181. The maximum absolute atomic E-state index is 6.22. The lowest BCUT2D eigenvalue weighted by molar-refractivity contribution is 0.452. The van der Waals surface area contributed by atoms with E-state index in [1.807, 2.05) is 0 Å². The number of hydrogen-bond donors (Lipinski definition) is 2. The lowest BCUT2D eigenvalue weighted by Gasteiger charge is -2.32. The molecule has 182 valence electrons. The van der Waals surface area contributed by atoms with Gasteiger partial charge < -0.3 is 11.5 Å². The van der Waals surface area contributed by atoms with Crippen molar-refractivity contribution in [3.8, 4) is 0 Å². The quantitative estimate of drug-likeness (QED) is 0.392. The van der Waals surface area contributed by atoms with Gasteiger partial charge in [0, 0.05) is 11.7 Å². The highest BCUT2D eigenvalue weighted by molar-refractivity contribution is 5.40. The van der Waals surface area contributed by atoms with Crippen LogP contribution >= 0.6 is 0 Å². The summed E-state index contributed by atoms with van der Waals surface area (Å²) in [5, 5.41) is 0. The number of rotatable bonds is 8. The van der Waals surface area contributed by atoms with Crippen molar-refractivity contribution in [2.45, 2.75) is 117 Å². The molecule has 0 heterocycles. The predicted octanol–water partition coefficient (Wildman–Crippen LogP) is 8.34. The first-order valence-electron chi connectivity index (χ1n) is 13.5. The van der Waals surface area contributed by atoms with Crippen molar-refractivity contribution in [2.24, 2.45) is 16.9 Å². The van der Waals surface area contributed by atoms with Gasteiger partial charge in [-0.3, -0.25) is 0 Å². The molecular formula is C31H48N2. The van der Waals surface area contributed by atoms with E-state index in [9.17, 15) is 0 Å². The van der Waals surface area contributed by atoms with Gasteiger partial charge in [0.1, 0.15) is 0 Å². The van der Waals surface area contributed by atoms with Crippen molar-refractivity contribution >= 4 is 0 Å². The molecule has 1 atom stereocenters. The predicted molar refractivity (Wildman–Crippen MR) is 145 cm³/mol. The monoisotopic (exact) mass is 448 g/mol. The van der Waals surface area contributed by atoms with Gasteiger partial charge in [-0.1, -0.05) is 67.9 Å². The fourth-order valence-electron chi connectivity index (χ4n) is 5.57. The summed E-state index contributed by atoms with van der Waals surface area (Å²) in [6.07, 6.45) is 27.0. The number of allylic oxidation sites excluding steroid dienone is 12. The molecule has 0 amide bonds. The van der Waals surface area contributed by atoms with Gasteiger partial charge in [-0.2, -0.15) is 0 Å². The van der Waals surface area contributed by atoms with Gasteiger partial charge in [0.05, 0.1) is 0 Å². The standard InChI is InChI=1S/C31H48N2/c1-5-25(18-19-28(32)6-2)26-15-12-23(13-16-26)10-11-24-14-17-27-8-7-9-29(33)20-21-31(3,4)30(27)22-24/h5,12,15,20,22,28H,6-11,13-14,16-19,21,32-33H2,1-4H3/b25-5+,29-20+. The lowest BCUT2D eigenvalue weighted by Crippen LogP contribution is -2.18. The van der Waals surface area contributed by atoms with Crippen LogP contribution in [0.2, 0.25) is 0 Å². The summed E-state index contributed by atoms with van der Waals surface area (Å²) in [5.74, 6) is 0. The third-order valence-corrected chi connectivity index (χ3v) is 8.10. The van der Waals surface area contributed by atoms with E-state index in [0.29, 0.717) is 6.04 Å². The summed E-state index contributed by atoms with van der Waals surface area (Å²) < 4.78 is 0. The van der Waals surface area contributed by atoms with Crippen LogP contribution < -0.4 is 11.5 Å². The minimum atomic E-state index is 0.181.